The zero-order valence-corrected chi connectivity index (χ0v) is 11.2. The van der Waals surface area contributed by atoms with Crippen LogP contribution >= 0.6 is 0 Å². The Morgan fingerprint density at radius 3 is 2.78 bits per heavy atom. The van der Waals surface area contributed by atoms with E-state index < -0.39 is 0 Å². The van der Waals surface area contributed by atoms with Crippen LogP contribution < -0.4 is 10.1 Å². The Morgan fingerprint density at radius 1 is 1.44 bits per heavy atom. The number of hydrogen-bond acceptors (Lipinski definition) is 2. The lowest BCUT2D eigenvalue weighted by molar-refractivity contribution is 0.384. The Balaban J connectivity index is 2.09. The minimum Gasteiger partial charge on any atom is -0.494 e. The van der Waals surface area contributed by atoms with Crippen molar-refractivity contribution < 1.29 is 9.13 Å². The third kappa shape index (κ3) is 3.45. The first-order chi connectivity index (χ1) is 8.74. The molecular weight excluding hydrogens is 229 g/mol. The van der Waals surface area contributed by atoms with E-state index in [4.69, 9.17) is 4.74 Å². The van der Waals surface area contributed by atoms with Crippen molar-refractivity contribution in [2.24, 2.45) is 5.92 Å². The lowest BCUT2D eigenvalue weighted by Gasteiger charge is -2.19. The summed E-state index contributed by atoms with van der Waals surface area (Å²) in [5.74, 6) is 0.873. The highest BCUT2D eigenvalue weighted by Gasteiger charge is 2.26. The summed E-state index contributed by atoms with van der Waals surface area (Å²) < 4.78 is 18.7. The van der Waals surface area contributed by atoms with Gasteiger partial charge in [-0.2, -0.15) is 0 Å². The molecule has 0 aromatic heterocycles. The Labute approximate surface area is 109 Å². The van der Waals surface area contributed by atoms with E-state index in [1.165, 1.54) is 20.0 Å². The van der Waals surface area contributed by atoms with Gasteiger partial charge in [0.15, 0.2) is 11.6 Å². The minimum absolute atomic E-state index is 0.269. The van der Waals surface area contributed by atoms with Crippen molar-refractivity contribution in [2.45, 2.75) is 38.6 Å². The second-order valence-corrected chi connectivity index (χ2v) is 5.08. The predicted molar refractivity (Wildman–Crippen MR) is 71.3 cm³/mol. The molecule has 100 valence electrons. The molecule has 1 fully saturated rings. The summed E-state index contributed by atoms with van der Waals surface area (Å²) in [4.78, 5) is 0. The maximum atomic E-state index is 13.7. The average molecular weight is 251 g/mol. The van der Waals surface area contributed by atoms with E-state index in [1.54, 1.807) is 12.1 Å². The lowest BCUT2D eigenvalue weighted by atomic mass is 10.0. The molecule has 1 N–H and O–H groups in total. The fourth-order valence-corrected chi connectivity index (χ4v) is 2.24. The molecule has 0 saturated heterocycles. The largest absolute Gasteiger partial charge is 0.494 e. The van der Waals surface area contributed by atoms with Gasteiger partial charge in [0.25, 0.3) is 0 Å². The molecule has 1 atom stereocenters. The normalized spacial score (nSPS) is 16.6. The number of halogens is 1. The molecule has 1 aromatic carbocycles. The summed E-state index contributed by atoms with van der Waals surface area (Å²) in [6.45, 7) is 3.13. The molecule has 0 spiro atoms. The Kier molecular flexibility index (Phi) is 4.59. The van der Waals surface area contributed by atoms with Crippen LogP contribution in [0.25, 0.3) is 0 Å². The molecule has 0 aliphatic heterocycles. The summed E-state index contributed by atoms with van der Waals surface area (Å²) in [6, 6.07) is 5.57. The maximum Gasteiger partial charge on any atom is 0.165 e. The topological polar surface area (TPSA) is 21.3 Å². The molecule has 0 radical (unpaired) electrons. The van der Waals surface area contributed by atoms with E-state index in [0.29, 0.717) is 5.75 Å². The second kappa shape index (κ2) is 6.19. The average Bonchev–Trinajstić information content (AvgIpc) is 3.18. The molecular formula is C15H22FNO. The van der Waals surface area contributed by atoms with Crippen LogP contribution in [0.5, 0.6) is 5.75 Å². The third-order valence-electron chi connectivity index (χ3n) is 3.48. The Hall–Kier alpha value is -1.09. The van der Waals surface area contributed by atoms with Crippen LogP contribution in [0.4, 0.5) is 4.39 Å². The van der Waals surface area contributed by atoms with Crippen LogP contribution in [0.15, 0.2) is 18.2 Å². The van der Waals surface area contributed by atoms with Gasteiger partial charge in [-0.25, -0.2) is 4.39 Å². The molecule has 18 heavy (non-hydrogen) atoms. The second-order valence-electron chi connectivity index (χ2n) is 5.08. The zero-order valence-electron chi connectivity index (χ0n) is 11.2. The Morgan fingerprint density at radius 2 is 2.22 bits per heavy atom. The van der Waals surface area contributed by atoms with Crippen molar-refractivity contribution in [3.63, 3.8) is 0 Å². The van der Waals surface area contributed by atoms with E-state index >= 15 is 0 Å². The monoisotopic (exact) mass is 251 g/mol. The number of methoxy groups -OCH3 is 1. The fourth-order valence-electron chi connectivity index (χ4n) is 2.24. The first-order valence-electron chi connectivity index (χ1n) is 6.81. The van der Waals surface area contributed by atoms with E-state index in [-0.39, 0.29) is 11.9 Å². The van der Waals surface area contributed by atoms with Crippen molar-refractivity contribution in [1.82, 2.24) is 5.32 Å². The molecule has 3 heteroatoms. The summed E-state index contributed by atoms with van der Waals surface area (Å²) in [6.07, 6.45) is 4.86. The van der Waals surface area contributed by atoms with Gasteiger partial charge in [-0.3, -0.25) is 0 Å². The molecule has 2 rings (SSSR count). The van der Waals surface area contributed by atoms with Crippen LogP contribution in [-0.2, 0) is 0 Å². The van der Waals surface area contributed by atoms with Gasteiger partial charge in [0.1, 0.15) is 0 Å². The molecule has 0 bridgehead atoms. The number of benzene rings is 1. The highest BCUT2D eigenvalue weighted by atomic mass is 19.1. The van der Waals surface area contributed by atoms with Crippen LogP contribution in [0, 0.1) is 11.7 Å². The van der Waals surface area contributed by atoms with Crippen molar-refractivity contribution in [2.75, 3.05) is 13.7 Å². The van der Waals surface area contributed by atoms with Crippen LogP contribution in [0.1, 0.15) is 44.2 Å². The maximum absolute atomic E-state index is 13.7. The van der Waals surface area contributed by atoms with Crippen molar-refractivity contribution in [3.05, 3.63) is 29.6 Å². The van der Waals surface area contributed by atoms with Gasteiger partial charge in [-0.05, 0) is 43.0 Å². The van der Waals surface area contributed by atoms with E-state index in [0.717, 1.165) is 30.9 Å². The Bertz CT molecular complexity index is 390. The first kappa shape index (κ1) is 13.3. The van der Waals surface area contributed by atoms with Gasteiger partial charge in [0, 0.05) is 6.04 Å². The number of hydrogen-bond donors (Lipinski definition) is 1. The van der Waals surface area contributed by atoms with Gasteiger partial charge in [0.2, 0.25) is 0 Å². The molecule has 1 aromatic rings. The molecule has 2 nitrogen and oxygen atoms in total. The van der Waals surface area contributed by atoms with Gasteiger partial charge in [-0.1, -0.05) is 25.8 Å². The van der Waals surface area contributed by atoms with E-state index in [1.807, 2.05) is 6.07 Å². The molecule has 1 saturated carbocycles. The van der Waals surface area contributed by atoms with Gasteiger partial charge in [-0.15, -0.1) is 0 Å². The van der Waals surface area contributed by atoms with Crippen LogP contribution in [0.3, 0.4) is 0 Å². The lowest BCUT2D eigenvalue weighted by Crippen LogP contribution is -2.22. The van der Waals surface area contributed by atoms with Gasteiger partial charge < -0.3 is 10.1 Å². The smallest absolute Gasteiger partial charge is 0.165 e. The van der Waals surface area contributed by atoms with Crippen molar-refractivity contribution in [1.29, 1.82) is 0 Å². The molecule has 1 unspecified atom stereocenters. The third-order valence-corrected chi connectivity index (χ3v) is 3.48. The zero-order chi connectivity index (χ0) is 13.0. The van der Waals surface area contributed by atoms with E-state index in [2.05, 4.69) is 12.2 Å². The standard InChI is InChI=1S/C15H22FNO/c1-3-8-17-14(9-11-4-5-11)12-6-7-15(18-2)13(16)10-12/h6-7,10-11,14,17H,3-5,8-9H2,1-2H3. The van der Waals surface area contributed by atoms with E-state index in [9.17, 15) is 4.39 Å². The van der Waals surface area contributed by atoms with Crippen molar-refractivity contribution >= 4 is 0 Å². The van der Waals surface area contributed by atoms with Crippen LogP contribution in [-0.4, -0.2) is 13.7 Å². The number of rotatable bonds is 7. The molecule has 1 aliphatic rings. The summed E-state index contributed by atoms with van der Waals surface area (Å²) in [7, 11) is 1.50. The van der Waals surface area contributed by atoms with Crippen LogP contribution in [0.2, 0.25) is 0 Å². The molecule has 0 amide bonds. The molecule has 1 aliphatic carbocycles. The highest BCUT2D eigenvalue weighted by molar-refractivity contribution is 5.31. The minimum atomic E-state index is -0.269. The number of ether oxygens (including phenoxy) is 1. The quantitative estimate of drug-likeness (QED) is 0.798. The summed E-state index contributed by atoms with van der Waals surface area (Å²) >= 11 is 0. The van der Waals surface area contributed by atoms with Crippen molar-refractivity contribution in [3.8, 4) is 5.75 Å². The molecule has 0 heterocycles. The van der Waals surface area contributed by atoms with Gasteiger partial charge >= 0.3 is 0 Å². The fraction of sp³-hybridized carbons (Fsp3) is 0.600. The SMILES string of the molecule is CCCNC(CC1CC1)c1ccc(OC)c(F)c1. The first-order valence-corrected chi connectivity index (χ1v) is 6.81. The summed E-state index contributed by atoms with van der Waals surface area (Å²) in [5, 5.41) is 3.51. The number of nitrogens with one attached hydrogen (secondary N) is 1. The predicted octanol–water partition coefficient (Wildman–Crippen LogP) is 3.68. The van der Waals surface area contributed by atoms with Gasteiger partial charge in [0.05, 0.1) is 7.11 Å². The summed E-state index contributed by atoms with van der Waals surface area (Å²) in [5.41, 5.74) is 1.04. The highest BCUT2D eigenvalue weighted by Crippen LogP contribution is 2.38.